The predicted octanol–water partition coefficient (Wildman–Crippen LogP) is 2.46. The molecule has 3 nitrogen and oxygen atoms in total. The molecule has 0 aromatic heterocycles. The number of rotatable bonds is 3. The number of hydrogen-bond donors (Lipinski definition) is 1. The van der Waals surface area contributed by atoms with Crippen LogP contribution < -0.4 is 0 Å². The first-order chi connectivity index (χ1) is 7.23. The maximum atomic E-state index is 11.3. The van der Waals surface area contributed by atoms with Gasteiger partial charge < -0.3 is 5.11 Å². The lowest BCUT2D eigenvalue weighted by molar-refractivity contribution is 0.176. The van der Waals surface area contributed by atoms with E-state index < -0.39 is 21.2 Å². The summed E-state index contributed by atoms with van der Waals surface area (Å²) in [4.78, 5) is 0. The molecule has 0 fully saturated rings. The Kier molecular flexibility index (Phi) is 4.23. The number of hydrogen-bond acceptors (Lipinski definition) is 3. The third kappa shape index (κ3) is 3.10. The molecule has 0 spiro atoms. The molecule has 0 saturated heterocycles. The molecule has 6 heteroatoms. The summed E-state index contributed by atoms with van der Waals surface area (Å²) >= 11 is 11.6. The highest BCUT2D eigenvalue weighted by atomic mass is 35.5. The molecule has 2 atom stereocenters. The van der Waals surface area contributed by atoms with Gasteiger partial charge in [0.1, 0.15) is 0 Å². The maximum absolute atomic E-state index is 11.3. The minimum absolute atomic E-state index is 0.260. The van der Waals surface area contributed by atoms with E-state index in [9.17, 15) is 13.5 Å². The Morgan fingerprint density at radius 2 is 1.88 bits per heavy atom. The molecule has 1 aromatic rings. The van der Waals surface area contributed by atoms with Crippen LogP contribution in [0.2, 0.25) is 10.0 Å². The third-order valence-corrected chi connectivity index (χ3v) is 4.57. The zero-order chi connectivity index (χ0) is 12.5. The molecule has 2 unspecified atom stereocenters. The van der Waals surface area contributed by atoms with Gasteiger partial charge in [0.15, 0.2) is 9.84 Å². The Morgan fingerprint density at radius 3 is 2.31 bits per heavy atom. The van der Waals surface area contributed by atoms with Crippen molar-refractivity contribution < 1.29 is 13.5 Å². The van der Waals surface area contributed by atoms with Gasteiger partial charge in [0, 0.05) is 21.9 Å². The van der Waals surface area contributed by atoms with Gasteiger partial charge in [-0.1, -0.05) is 29.3 Å². The van der Waals surface area contributed by atoms with Crippen molar-refractivity contribution in [1.29, 1.82) is 0 Å². The molecule has 0 bridgehead atoms. The van der Waals surface area contributed by atoms with Crippen LogP contribution in [0.4, 0.5) is 0 Å². The molecular formula is C10H12Cl2O3S. The number of benzene rings is 1. The lowest BCUT2D eigenvalue weighted by atomic mass is 10.1. The minimum Gasteiger partial charge on any atom is -0.387 e. The van der Waals surface area contributed by atoms with Crippen molar-refractivity contribution in [3.63, 3.8) is 0 Å². The maximum Gasteiger partial charge on any atom is 0.152 e. The summed E-state index contributed by atoms with van der Waals surface area (Å²) in [5.41, 5.74) is 0.365. The van der Waals surface area contributed by atoms with Crippen LogP contribution in [0.5, 0.6) is 0 Å². The molecule has 90 valence electrons. The van der Waals surface area contributed by atoms with Gasteiger partial charge in [0.25, 0.3) is 0 Å². The first-order valence-corrected chi connectivity index (χ1v) is 7.26. The van der Waals surface area contributed by atoms with Crippen molar-refractivity contribution in [3.05, 3.63) is 33.8 Å². The quantitative estimate of drug-likeness (QED) is 0.927. The van der Waals surface area contributed by atoms with E-state index in [2.05, 4.69) is 0 Å². The lowest BCUT2D eigenvalue weighted by Crippen LogP contribution is -2.24. The fourth-order valence-electron chi connectivity index (χ4n) is 1.23. The number of sulfone groups is 1. The van der Waals surface area contributed by atoms with Crippen LogP contribution >= 0.6 is 23.2 Å². The van der Waals surface area contributed by atoms with Crippen LogP contribution in [0.25, 0.3) is 0 Å². The summed E-state index contributed by atoms with van der Waals surface area (Å²) in [7, 11) is -3.32. The Morgan fingerprint density at radius 1 is 1.31 bits per heavy atom. The number of halogens is 2. The third-order valence-electron chi connectivity index (χ3n) is 2.40. The topological polar surface area (TPSA) is 54.4 Å². The van der Waals surface area contributed by atoms with E-state index in [4.69, 9.17) is 23.2 Å². The van der Waals surface area contributed by atoms with Gasteiger partial charge in [-0.15, -0.1) is 0 Å². The van der Waals surface area contributed by atoms with Crippen molar-refractivity contribution in [2.45, 2.75) is 18.3 Å². The fourth-order valence-corrected chi connectivity index (χ4v) is 2.36. The Bertz CT molecular complexity index is 485. The van der Waals surface area contributed by atoms with E-state index in [-0.39, 0.29) is 5.02 Å². The highest BCUT2D eigenvalue weighted by Gasteiger charge is 2.26. The Balaban J connectivity index is 3.10. The summed E-state index contributed by atoms with van der Waals surface area (Å²) in [6.45, 7) is 1.44. The van der Waals surface area contributed by atoms with Crippen molar-refractivity contribution >= 4 is 33.0 Å². The fraction of sp³-hybridized carbons (Fsp3) is 0.400. The normalized spacial score (nSPS) is 15.8. The van der Waals surface area contributed by atoms with Gasteiger partial charge in [-0.05, 0) is 19.1 Å². The summed E-state index contributed by atoms with van der Waals surface area (Å²) < 4.78 is 22.6. The van der Waals surface area contributed by atoms with Crippen molar-refractivity contribution in [2.24, 2.45) is 0 Å². The largest absolute Gasteiger partial charge is 0.387 e. The number of aliphatic hydroxyl groups is 1. The van der Waals surface area contributed by atoms with Gasteiger partial charge >= 0.3 is 0 Å². The second-order valence-electron chi connectivity index (χ2n) is 3.65. The van der Waals surface area contributed by atoms with E-state index in [0.29, 0.717) is 10.6 Å². The standard InChI is InChI=1S/C10H12Cl2O3S/c1-6(16(2,14)15)10(13)8-4-3-7(11)5-9(8)12/h3-6,10,13H,1-2H3. The van der Waals surface area contributed by atoms with E-state index in [1.807, 2.05) is 0 Å². The summed E-state index contributed by atoms with van der Waals surface area (Å²) in [6, 6.07) is 4.55. The van der Waals surface area contributed by atoms with E-state index in [0.717, 1.165) is 6.26 Å². The Hall–Kier alpha value is -0.290. The molecule has 0 saturated carbocycles. The average Bonchev–Trinajstić information content (AvgIpc) is 2.14. The zero-order valence-corrected chi connectivity index (χ0v) is 11.1. The van der Waals surface area contributed by atoms with E-state index in [1.54, 1.807) is 6.07 Å². The average molecular weight is 283 g/mol. The monoisotopic (exact) mass is 282 g/mol. The zero-order valence-electron chi connectivity index (χ0n) is 8.81. The van der Waals surface area contributed by atoms with Crippen LogP contribution in [-0.2, 0) is 9.84 Å². The van der Waals surface area contributed by atoms with Gasteiger partial charge in [-0.25, -0.2) is 8.42 Å². The molecular weight excluding hydrogens is 271 g/mol. The van der Waals surface area contributed by atoms with Gasteiger partial charge in [0.2, 0.25) is 0 Å². The Labute approximate surface area is 105 Å². The molecule has 0 radical (unpaired) electrons. The molecule has 16 heavy (non-hydrogen) atoms. The van der Waals surface area contributed by atoms with Crippen molar-refractivity contribution in [3.8, 4) is 0 Å². The first kappa shape index (κ1) is 13.8. The summed E-state index contributed by atoms with van der Waals surface area (Å²) in [5.74, 6) is 0. The highest BCUT2D eigenvalue weighted by Crippen LogP contribution is 2.29. The van der Waals surface area contributed by atoms with Gasteiger partial charge in [-0.2, -0.15) is 0 Å². The molecule has 0 aliphatic rings. The van der Waals surface area contributed by atoms with Crippen LogP contribution in [0.1, 0.15) is 18.6 Å². The second-order valence-corrected chi connectivity index (χ2v) is 6.89. The summed E-state index contributed by atoms with van der Waals surface area (Å²) in [6.07, 6.45) is -0.0789. The van der Waals surface area contributed by atoms with Gasteiger partial charge in [-0.3, -0.25) is 0 Å². The van der Waals surface area contributed by atoms with E-state index >= 15 is 0 Å². The lowest BCUT2D eigenvalue weighted by Gasteiger charge is -2.18. The second kappa shape index (κ2) is 4.92. The SMILES string of the molecule is CC(C(O)c1ccc(Cl)cc1Cl)S(C)(=O)=O. The van der Waals surface area contributed by atoms with E-state index in [1.165, 1.54) is 19.1 Å². The minimum atomic E-state index is -3.32. The highest BCUT2D eigenvalue weighted by molar-refractivity contribution is 7.91. The summed E-state index contributed by atoms with van der Waals surface area (Å²) in [5, 5.41) is 9.68. The van der Waals surface area contributed by atoms with Crippen LogP contribution in [0, 0.1) is 0 Å². The molecule has 1 rings (SSSR count). The molecule has 0 aliphatic heterocycles. The van der Waals surface area contributed by atoms with Gasteiger partial charge in [0.05, 0.1) is 11.4 Å². The first-order valence-electron chi connectivity index (χ1n) is 4.55. The molecule has 0 amide bonds. The van der Waals surface area contributed by atoms with Crippen molar-refractivity contribution in [1.82, 2.24) is 0 Å². The van der Waals surface area contributed by atoms with Crippen LogP contribution in [0.15, 0.2) is 18.2 Å². The molecule has 0 heterocycles. The molecule has 1 aromatic carbocycles. The number of aliphatic hydroxyl groups excluding tert-OH is 1. The molecule has 1 N–H and O–H groups in total. The van der Waals surface area contributed by atoms with Crippen LogP contribution in [-0.4, -0.2) is 25.0 Å². The smallest absolute Gasteiger partial charge is 0.152 e. The van der Waals surface area contributed by atoms with Crippen LogP contribution in [0.3, 0.4) is 0 Å². The van der Waals surface area contributed by atoms with Crippen molar-refractivity contribution in [2.75, 3.05) is 6.26 Å². The predicted molar refractivity (Wildman–Crippen MR) is 65.7 cm³/mol. The molecule has 0 aliphatic carbocycles.